The molecule has 0 aliphatic rings. The van der Waals surface area contributed by atoms with Crippen molar-refractivity contribution in [1.82, 2.24) is 10.2 Å². The second-order valence-corrected chi connectivity index (χ2v) is 13.9. The quantitative estimate of drug-likeness (QED) is 0.178. The fourth-order valence-corrected chi connectivity index (χ4v) is 6.68. The standard InChI is InChI=1S/C36H40ClN3O4S/c1-26(2)23-38-36(42)34(22-29-13-6-5-7-14-29)39(24-30-15-10-11-27(3)21-30)35(41)25-40(33-16-9-8-12-28(33)4)45(43,44)32-19-17-31(37)18-20-32/h5-21,26,34H,22-25H2,1-4H3,(H,38,42). The van der Waals surface area contributed by atoms with Crippen LogP contribution in [0, 0.1) is 19.8 Å². The van der Waals surface area contributed by atoms with Gasteiger partial charge in [-0.25, -0.2) is 8.42 Å². The van der Waals surface area contributed by atoms with Crippen molar-refractivity contribution in [1.29, 1.82) is 0 Å². The summed E-state index contributed by atoms with van der Waals surface area (Å²) in [5.74, 6) is -0.595. The monoisotopic (exact) mass is 645 g/mol. The summed E-state index contributed by atoms with van der Waals surface area (Å²) in [5.41, 5.74) is 3.79. The van der Waals surface area contributed by atoms with Crippen LogP contribution in [0.5, 0.6) is 0 Å². The molecule has 0 aliphatic carbocycles. The summed E-state index contributed by atoms with van der Waals surface area (Å²) in [6.07, 6.45) is 0.261. The third-order valence-electron chi connectivity index (χ3n) is 7.46. The van der Waals surface area contributed by atoms with E-state index >= 15 is 0 Å². The van der Waals surface area contributed by atoms with E-state index in [4.69, 9.17) is 11.6 Å². The molecule has 0 fully saturated rings. The summed E-state index contributed by atoms with van der Waals surface area (Å²) in [6.45, 7) is 7.82. The highest BCUT2D eigenvalue weighted by atomic mass is 35.5. The van der Waals surface area contributed by atoms with Gasteiger partial charge in [0.25, 0.3) is 10.0 Å². The number of hydrogen-bond acceptors (Lipinski definition) is 4. The van der Waals surface area contributed by atoms with Gasteiger partial charge >= 0.3 is 0 Å². The number of halogens is 1. The minimum Gasteiger partial charge on any atom is -0.354 e. The molecule has 2 amide bonds. The van der Waals surface area contributed by atoms with Gasteiger partial charge in [0, 0.05) is 24.5 Å². The number of rotatable bonds is 13. The van der Waals surface area contributed by atoms with E-state index in [1.165, 1.54) is 29.2 Å². The van der Waals surface area contributed by atoms with Crippen LogP contribution in [-0.2, 0) is 32.6 Å². The van der Waals surface area contributed by atoms with Gasteiger partial charge in [-0.3, -0.25) is 13.9 Å². The molecular formula is C36H40ClN3O4S. The number of amides is 2. The maximum atomic E-state index is 14.6. The van der Waals surface area contributed by atoms with E-state index in [1.54, 1.807) is 25.1 Å². The van der Waals surface area contributed by atoms with Crippen LogP contribution >= 0.6 is 11.6 Å². The Labute approximate surface area is 271 Å². The van der Waals surface area contributed by atoms with Crippen molar-refractivity contribution in [3.8, 4) is 0 Å². The van der Waals surface area contributed by atoms with Gasteiger partial charge in [0.2, 0.25) is 11.8 Å². The Bertz CT molecular complexity index is 1710. The molecule has 4 aromatic rings. The second kappa shape index (κ2) is 15.2. The molecule has 0 aromatic heterocycles. The number of hydrogen-bond donors (Lipinski definition) is 1. The molecule has 0 saturated heterocycles. The number of sulfonamides is 1. The number of nitrogens with zero attached hydrogens (tertiary/aromatic N) is 2. The third-order valence-corrected chi connectivity index (χ3v) is 9.48. The van der Waals surface area contributed by atoms with Crippen LogP contribution in [0.3, 0.4) is 0 Å². The summed E-state index contributed by atoms with van der Waals surface area (Å²) >= 11 is 6.07. The first-order chi connectivity index (χ1) is 21.5. The van der Waals surface area contributed by atoms with E-state index in [0.29, 0.717) is 22.8 Å². The first-order valence-corrected chi connectivity index (χ1v) is 16.8. The minimum absolute atomic E-state index is 0.00343. The summed E-state index contributed by atoms with van der Waals surface area (Å²) in [5, 5.41) is 3.41. The highest BCUT2D eigenvalue weighted by molar-refractivity contribution is 7.92. The van der Waals surface area contributed by atoms with Crippen LogP contribution in [0.1, 0.15) is 36.1 Å². The Balaban J connectivity index is 1.81. The van der Waals surface area contributed by atoms with Crippen LogP contribution in [0.2, 0.25) is 5.02 Å². The molecule has 0 aliphatic heterocycles. The van der Waals surface area contributed by atoms with Crippen LogP contribution in [0.4, 0.5) is 5.69 Å². The SMILES string of the molecule is Cc1cccc(CN(C(=O)CN(c2ccccc2C)S(=O)(=O)c2ccc(Cl)cc2)C(Cc2ccccc2)C(=O)NCC(C)C)c1. The van der Waals surface area contributed by atoms with E-state index in [0.717, 1.165) is 21.0 Å². The van der Waals surface area contributed by atoms with E-state index in [9.17, 15) is 18.0 Å². The highest BCUT2D eigenvalue weighted by Crippen LogP contribution is 2.28. The maximum Gasteiger partial charge on any atom is 0.264 e. The second-order valence-electron chi connectivity index (χ2n) is 11.6. The lowest BCUT2D eigenvalue weighted by Gasteiger charge is -2.34. The Hall–Kier alpha value is -4.14. The first-order valence-electron chi connectivity index (χ1n) is 15.0. The Morgan fingerprint density at radius 2 is 1.47 bits per heavy atom. The molecule has 0 heterocycles. The van der Waals surface area contributed by atoms with E-state index in [-0.39, 0.29) is 29.7 Å². The van der Waals surface area contributed by atoms with Gasteiger partial charge in [-0.2, -0.15) is 0 Å². The summed E-state index contributed by atoms with van der Waals surface area (Å²) in [4.78, 5) is 29.9. The van der Waals surface area contributed by atoms with E-state index in [2.05, 4.69) is 5.32 Å². The fraction of sp³-hybridized carbons (Fsp3) is 0.278. The molecule has 236 valence electrons. The summed E-state index contributed by atoms with van der Waals surface area (Å²) < 4.78 is 29.5. The first kappa shape index (κ1) is 33.7. The molecule has 45 heavy (non-hydrogen) atoms. The number of para-hydroxylation sites is 1. The van der Waals surface area contributed by atoms with Crippen molar-refractivity contribution in [3.05, 3.63) is 130 Å². The van der Waals surface area contributed by atoms with Crippen LogP contribution in [0.15, 0.2) is 108 Å². The van der Waals surface area contributed by atoms with Gasteiger partial charge in [-0.15, -0.1) is 0 Å². The predicted molar refractivity (Wildman–Crippen MR) is 181 cm³/mol. The molecule has 0 bridgehead atoms. The molecule has 1 unspecified atom stereocenters. The Kier molecular flexibility index (Phi) is 11.4. The zero-order valence-electron chi connectivity index (χ0n) is 26.1. The number of aryl methyl sites for hydroxylation is 2. The van der Waals surface area contributed by atoms with Crippen molar-refractivity contribution in [2.45, 2.75) is 51.6 Å². The lowest BCUT2D eigenvalue weighted by molar-refractivity contribution is -0.140. The lowest BCUT2D eigenvalue weighted by atomic mass is 10.0. The Morgan fingerprint density at radius 1 is 0.822 bits per heavy atom. The lowest BCUT2D eigenvalue weighted by Crippen LogP contribution is -2.53. The Morgan fingerprint density at radius 3 is 2.11 bits per heavy atom. The van der Waals surface area contributed by atoms with Gasteiger partial charge in [0.15, 0.2) is 0 Å². The van der Waals surface area contributed by atoms with Crippen molar-refractivity contribution in [2.24, 2.45) is 5.92 Å². The molecule has 9 heteroatoms. The molecule has 4 rings (SSSR count). The fourth-order valence-electron chi connectivity index (χ4n) is 5.07. The van der Waals surface area contributed by atoms with Gasteiger partial charge in [0.1, 0.15) is 12.6 Å². The maximum absolute atomic E-state index is 14.6. The van der Waals surface area contributed by atoms with Gasteiger partial charge < -0.3 is 10.2 Å². The highest BCUT2D eigenvalue weighted by Gasteiger charge is 2.35. The molecule has 0 saturated carbocycles. The van der Waals surface area contributed by atoms with E-state index < -0.39 is 28.5 Å². The predicted octanol–water partition coefficient (Wildman–Crippen LogP) is 6.56. The molecule has 1 N–H and O–H groups in total. The number of carbonyl (C=O) groups is 2. The number of carbonyl (C=O) groups excluding carboxylic acids is 2. The van der Waals surface area contributed by atoms with Crippen LogP contribution in [0.25, 0.3) is 0 Å². The average molecular weight is 646 g/mol. The van der Waals surface area contributed by atoms with Crippen molar-refractivity contribution >= 4 is 39.1 Å². The van der Waals surface area contributed by atoms with E-state index in [1.807, 2.05) is 81.4 Å². The smallest absolute Gasteiger partial charge is 0.264 e. The minimum atomic E-state index is -4.20. The zero-order chi connectivity index (χ0) is 32.6. The molecule has 1 atom stereocenters. The third kappa shape index (κ3) is 8.96. The van der Waals surface area contributed by atoms with Gasteiger partial charge in [-0.1, -0.05) is 104 Å². The molecular weight excluding hydrogens is 606 g/mol. The molecule has 0 spiro atoms. The van der Waals surface area contributed by atoms with Crippen molar-refractivity contribution < 1.29 is 18.0 Å². The van der Waals surface area contributed by atoms with Crippen LogP contribution < -0.4 is 9.62 Å². The zero-order valence-corrected chi connectivity index (χ0v) is 27.7. The molecule has 0 radical (unpaired) electrons. The largest absolute Gasteiger partial charge is 0.354 e. The molecule has 7 nitrogen and oxygen atoms in total. The summed E-state index contributed by atoms with van der Waals surface area (Å²) in [6, 6.07) is 29.3. The molecule has 4 aromatic carbocycles. The summed E-state index contributed by atoms with van der Waals surface area (Å²) in [7, 11) is -4.20. The van der Waals surface area contributed by atoms with Crippen LogP contribution in [-0.4, -0.2) is 44.3 Å². The topological polar surface area (TPSA) is 86.8 Å². The van der Waals surface area contributed by atoms with Crippen molar-refractivity contribution in [3.63, 3.8) is 0 Å². The van der Waals surface area contributed by atoms with Gasteiger partial charge in [0.05, 0.1) is 10.6 Å². The number of anilines is 1. The average Bonchev–Trinajstić information content (AvgIpc) is 3.01. The van der Waals surface area contributed by atoms with Crippen molar-refractivity contribution in [2.75, 3.05) is 17.4 Å². The number of nitrogens with one attached hydrogen (secondary N) is 1. The normalized spacial score (nSPS) is 12.0. The van der Waals surface area contributed by atoms with Gasteiger partial charge in [-0.05, 0) is 66.8 Å². The number of benzene rings is 4.